The summed E-state index contributed by atoms with van der Waals surface area (Å²) in [5, 5.41) is 3.56. The number of pyridine rings is 1. The average Bonchev–Trinajstić information content (AvgIpc) is 2.73. The molecule has 1 aromatic heterocycles. The fourth-order valence-electron chi connectivity index (χ4n) is 3.49. The van der Waals surface area contributed by atoms with E-state index in [2.05, 4.69) is 66.6 Å². The number of carbonyl (C=O) groups is 1. The van der Waals surface area contributed by atoms with Crippen molar-refractivity contribution in [1.29, 1.82) is 0 Å². The van der Waals surface area contributed by atoms with E-state index in [1.165, 1.54) is 27.4 Å². The molecular weight excluding hydrogens is 360 g/mol. The van der Waals surface area contributed by atoms with Crippen LogP contribution in [0, 0.1) is 0 Å². The predicted molar refractivity (Wildman–Crippen MR) is 121 cm³/mol. The first kappa shape index (κ1) is 19.9. The Labute approximate surface area is 170 Å². The minimum absolute atomic E-state index is 0.731. The molecule has 0 unspecified atom stereocenters. The molecule has 0 saturated heterocycles. The van der Waals surface area contributed by atoms with Gasteiger partial charge in [-0.05, 0) is 49.4 Å². The van der Waals surface area contributed by atoms with Crippen LogP contribution in [0.5, 0.6) is 0 Å². The maximum atomic E-state index is 9.36. The van der Waals surface area contributed by atoms with Gasteiger partial charge in [-0.3, -0.25) is 0 Å². The van der Waals surface area contributed by atoms with E-state index in [0.717, 1.165) is 29.5 Å². The Morgan fingerprint density at radius 2 is 1.55 bits per heavy atom. The minimum Gasteiger partial charge on any atom is -0.664 e. The molecule has 4 aromatic rings. The Hall–Kier alpha value is -3.86. The Morgan fingerprint density at radius 1 is 0.966 bits per heavy atom. The van der Waals surface area contributed by atoms with Crippen LogP contribution < -0.4 is 16.0 Å². The number of benzene rings is 3. The second kappa shape index (κ2) is 8.44. The monoisotopic (exact) mass is 384 g/mol. The van der Waals surface area contributed by atoms with Crippen molar-refractivity contribution in [2.75, 3.05) is 11.5 Å². The zero-order valence-corrected chi connectivity index (χ0v) is 16.4. The molecule has 5 heteroatoms. The molecule has 0 aliphatic carbocycles. The summed E-state index contributed by atoms with van der Waals surface area (Å²) in [5.41, 5.74) is 23.3. The standard InChI is InChI=1S/C21H19N3.C3H5NO/c1-2-24-20-13-16(23)9-11-18(20)17-10-8-15(22)12-19(17)21(24)14-6-4-3-5-7-14;1-2-3(4)5/h3-13,23H,2,22H2,1H3;2H,1H2,(H2,4,5). The van der Waals surface area contributed by atoms with Crippen LogP contribution in [0.1, 0.15) is 6.92 Å². The second-order valence-electron chi connectivity index (χ2n) is 6.61. The maximum absolute atomic E-state index is 9.36. The number of amides is 1. The highest BCUT2D eigenvalue weighted by Gasteiger charge is 2.22. The van der Waals surface area contributed by atoms with Crippen molar-refractivity contribution in [3.63, 3.8) is 0 Å². The number of hydrogen-bond donors (Lipinski definition) is 2. The highest BCUT2D eigenvalue weighted by atomic mass is 16.1. The second-order valence-corrected chi connectivity index (χ2v) is 6.61. The lowest BCUT2D eigenvalue weighted by Crippen LogP contribution is -2.36. The number of aromatic nitrogens is 1. The summed E-state index contributed by atoms with van der Waals surface area (Å²) in [6.45, 7) is 6.04. The lowest BCUT2D eigenvalue weighted by Gasteiger charge is -2.12. The van der Waals surface area contributed by atoms with Gasteiger partial charge in [-0.25, -0.2) is 0 Å². The maximum Gasteiger partial charge on any atom is 0.220 e. The lowest BCUT2D eigenvalue weighted by molar-refractivity contribution is -0.655. The van der Waals surface area contributed by atoms with E-state index >= 15 is 0 Å². The molecule has 0 fully saturated rings. The molecule has 0 atom stereocenters. The third-order valence-electron chi connectivity index (χ3n) is 4.72. The van der Waals surface area contributed by atoms with Crippen LogP contribution in [0.4, 0.5) is 11.4 Å². The van der Waals surface area contributed by atoms with Crippen molar-refractivity contribution < 1.29 is 9.36 Å². The van der Waals surface area contributed by atoms with Crippen molar-refractivity contribution in [1.82, 2.24) is 0 Å². The molecule has 0 saturated carbocycles. The van der Waals surface area contributed by atoms with E-state index < -0.39 is 5.91 Å². The molecule has 0 spiro atoms. The summed E-state index contributed by atoms with van der Waals surface area (Å²) in [6, 6.07) is 22.7. The Balaban J connectivity index is 0.000000431. The van der Waals surface area contributed by atoms with E-state index in [0.29, 0.717) is 0 Å². The van der Waals surface area contributed by atoms with Crippen LogP contribution >= 0.6 is 0 Å². The van der Waals surface area contributed by atoms with Crippen LogP contribution in [0.3, 0.4) is 0 Å². The first-order valence-electron chi connectivity index (χ1n) is 9.34. The fraction of sp³-hybridized carbons (Fsp3) is 0.0833. The molecule has 1 heterocycles. The summed E-state index contributed by atoms with van der Waals surface area (Å²) in [7, 11) is 0. The van der Waals surface area contributed by atoms with Crippen molar-refractivity contribution in [3.05, 3.63) is 85.1 Å². The van der Waals surface area contributed by atoms with Crippen LogP contribution in [-0.2, 0) is 11.3 Å². The Kier molecular flexibility index (Phi) is 5.79. The molecule has 5 nitrogen and oxygen atoms in total. The molecule has 146 valence electrons. The van der Waals surface area contributed by atoms with Gasteiger partial charge in [0.2, 0.25) is 11.2 Å². The quantitative estimate of drug-likeness (QED) is 0.228. The van der Waals surface area contributed by atoms with Gasteiger partial charge in [0.05, 0.1) is 16.7 Å². The van der Waals surface area contributed by atoms with Crippen LogP contribution in [0.15, 0.2) is 79.4 Å². The van der Waals surface area contributed by atoms with Crippen molar-refractivity contribution >= 4 is 39.0 Å². The first-order chi connectivity index (χ1) is 14.0. The minimum atomic E-state index is -0.731. The van der Waals surface area contributed by atoms with Gasteiger partial charge < -0.3 is 22.0 Å². The highest BCUT2D eigenvalue weighted by molar-refractivity contribution is 6.10. The van der Waals surface area contributed by atoms with Gasteiger partial charge in [-0.1, -0.05) is 30.8 Å². The molecule has 29 heavy (non-hydrogen) atoms. The van der Waals surface area contributed by atoms with E-state index in [4.69, 9.17) is 17.2 Å². The van der Waals surface area contributed by atoms with Crippen molar-refractivity contribution in [3.8, 4) is 11.3 Å². The van der Waals surface area contributed by atoms with Crippen LogP contribution in [0.25, 0.3) is 38.7 Å². The van der Waals surface area contributed by atoms with E-state index in [1.54, 1.807) is 0 Å². The Bertz CT molecular complexity index is 1200. The third-order valence-corrected chi connectivity index (χ3v) is 4.72. The molecule has 3 aromatic carbocycles. The van der Waals surface area contributed by atoms with Crippen LogP contribution in [0.2, 0.25) is 0 Å². The number of nitrogens with one attached hydrogen (secondary N) is 1. The summed E-state index contributed by atoms with van der Waals surface area (Å²) in [4.78, 5) is 9.36. The van der Waals surface area contributed by atoms with Gasteiger partial charge in [0, 0.05) is 28.4 Å². The summed E-state index contributed by atoms with van der Waals surface area (Å²) >= 11 is 0. The average molecular weight is 384 g/mol. The van der Waals surface area contributed by atoms with E-state index in [9.17, 15) is 4.79 Å². The number of anilines is 2. The number of aryl methyl sites for hydroxylation is 1. The van der Waals surface area contributed by atoms with Gasteiger partial charge in [0.25, 0.3) is 0 Å². The van der Waals surface area contributed by atoms with E-state index in [-0.39, 0.29) is 0 Å². The highest BCUT2D eigenvalue weighted by Crippen LogP contribution is 2.33. The number of rotatable bonds is 3. The SMILES string of the molecule is C=CC([NH-])=O.CC[n+]1c(-c2ccccc2)c2cc(N)ccc2c2ccc(N)cc21. The van der Waals surface area contributed by atoms with Crippen molar-refractivity contribution in [2.24, 2.45) is 0 Å². The number of nitrogens with two attached hydrogens (primary N) is 2. The fourth-order valence-corrected chi connectivity index (χ4v) is 3.49. The number of nitrogens with zero attached hydrogens (tertiary/aromatic N) is 1. The summed E-state index contributed by atoms with van der Waals surface area (Å²) in [6.07, 6.45) is 0.944. The molecular formula is C24H24N4O. The van der Waals surface area contributed by atoms with Crippen LogP contribution in [-0.4, -0.2) is 5.91 Å². The molecule has 0 bridgehead atoms. The normalized spacial score (nSPS) is 10.4. The summed E-state index contributed by atoms with van der Waals surface area (Å²) < 4.78 is 2.32. The molecule has 4 rings (SSSR count). The number of carbonyl (C=O) groups excluding carboxylic acids is 1. The first-order valence-corrected chi connectivity index (χ1v) is 9.34. The van der Waals surface area contributed by atoms with E-state index in [1.807, 2.05) is 18.2 Å². The molecule has 5 N–H and O–H groups in total. The zero-order valence-electron chi connectivity index (χ0n) is 16.4. The van der Waals surface area contributed by atoms with Gasteiger partial charge in [-0.15, -0.1) is 0 Å². The number of hydrogen-bond acceptors (Lipinski definition) is 3. The largest absolute Gasteiger partial charge is 0.664 e. The number of fused-ring (bicyclic) bond motifs is 3. The lowest BCUT2D eigenvalue weighted by atomic mass is 9.98. The number of nitrogen functional groups attached to an aromatic ring is 2. The van der Waals surface area contributed by atoms with Gasteiger partial charge >= 0.3 is 0 Å². The molecule has 0 aliphatic heterocycles. The predicted octanol–water partition coefficient (Wildman–Crippen LogP) is 4.88. The Morgan fingerprint density at radius 3 is 2.14 bits per heavy atom. The molecule has 1 amide bonds. The topological polar surface area (TPSA) is 96.8 Å². The summed E-state index contributed by atoms with van der Waals surface area (Å²) in [5.74, 6) is -0.731. The van der Waals surface area contributed by atoms with Crippen molar-refractivity contribution in [2.45, 2.75) is 13.5 Å². The smallest absolute Gasteiger partial charge is 0.220 e. The third kappa shape index (κ3) is 4.04. The molecule has 0 radical (unpaired) electrons. The zero-order chi connectivity index (χ0) is 21.0. The molecule has 0 aliphatic rings. The van der Waals surface area contributed by atoms with Gasteiger partial charge in [0.15, 0.2) is 0 Å². The van der Waals surface area contributed by atoms with Gasteiger partial charge in [0.1, 0.15) is 6.54 Å². The van der Waals surface area contributed by atoms with Gasteiger partial charge in [-0.2, -0.15) is 4.57 Å².